The third-order valence-corrected chi connectivity index (χ3v) is 4.63. The summed E-state index contributed by atoms with van der Waals surface area (Å²) in [5.74, 6) is -0.303. The highest BCUT2D eigenvalue weighted by Gasteiger charge is 2.44. The average molecular weight is 300 g/mol. The Bertz CT molecular complexity index is 443. The van der Waals surface area contributed by atoms with Crippen molar-refractivity contribution in [1.82, 2.24) is 5.32 Å². The zero-order valence-corrected chi connectivity index (χ0v) is 13.0. The number of hydrogen-bond donors (Lipinski definition) is 1. The summed E-state index contributed by atoms with van der Waals surface area (Å²) in [6.45, 7) is 3.04. The molecule has 0 bridgehead atoms. The normalized spacial score (nSPS) is 18.6. The average Bonchev–Trinajstić information content (AvgIpc) is 2.40. The first-order chi connectivity index (χ1) is 9.63. The smallest absolute Gasteiger partial charge is 0.145 e. The molecule has 1 aromatic rings. The van der Waals surface area contributed by atoms with Gasteiger partial charge in [-0.1, -0.05) is 30.7 Å². The van der Waals surface area contributed by atoms with Crippen LogP contribution in [0.1, 0.15) is 38.2 Å². The van der Waals surface area contributed by atoms with Gasteiger partial charge in [0.15, 0.2) is 0 Å². The number of hydrogen-bond acceptors (Lipinski definition) is 2. The summed E-state index contributed by atoms with van der Waals surface area (Å²) in [4.78, 5) is 0. The Morgan fingerprint density at radius 3 is 2.75 bits per heavy atom. The standard InChI is InChI=1S/C16H23ClFNO/c1-3-10-19-14(16(20-2)8-5-9-16)11-12-6-4-7-13(17)15(12)18/h4,6-7,14,19H,3,5,8-11H2,1-2H3. The molecule has 0 heterocycles. The zero-order chi connectivity index (χ0) is 14.6. The van der Waals surface area contributed by atoms with Gasteiger partial charge in [0.25, 0.3) is 0 Å². The quantitative estimate of drug-likeness (QED) is 0.823. The summed E-state index contributed by atoms with van der Waals surface area (Å²) >= 11 is 5.87. The Morgan fingerprint density at radius 1 is 1.45 bits per heavy atom. The molecule has 2 rings (SSSR count). The Balaban J connectivity index is 2.17. The molecule has 0 aromatic heterocycles. The number of halogens is 2. The van der Waals surface area contributed by atoms with Crippen LogP contribution in [0.2, 0.25) is 5.02 Å². The number of rotatable bonds is 7. The zero-order valence-electron chi connectivity index (χ0n) is 12.2. The lowest BCUT2D eigenvalue weighted by atomic mass is 9.72. The second kappa shape index (κ2) is 6.88. The van der Waals surface area contributed by atoms with Crippen molar-refractivity contribution in [2.45, 2.75) is 50.7 Å². The molecule has 4 heteroatoms. The van der Waals surface area contributed by atoms with Crippen LogP contribution in [0.3, 0.4) is 0 Å². The van der Waals surface area contributed by atoms with Crippen LogP contribution in [0.15, 0.2) is 18.2 Å². The van der Waals surface area contributed by atoms with Gasteiger partial charge < -0.3 is 10.1 Å². The molecule has 1 aromatic carbocycles. The third-order valence-electron chi connectivity index (χ3n) is 4.34. The molecule has 1 fully saturated rings. The van der Waals surface area contributed by atoms with Crippen molar-refractivity contribution in [1.29, 1.82) is 0 Å². The van der Waals surface area contributed by atoms with E-state index in [1.165, 1.54) is 6.42 Å². The Labute approximate surface area is 125 Å². The van der Waals surface area contributed by atoms with Gasteiger partial charge in [-0.05, 0) is 50.3 Å². The molecular weight excluding hydrogens is 277 g/mol. The summed E-state index contributed by atoms with van der Waals surface area (Å²) in [5, 5.41) is 3.72. The molecule has 2 nitrogen and oxygen atoms in total. The van der Waals surface area contributed by atoms with Gasteiger partial charge in [-0.15, -0.1) is 0 Å². The first-order valence-corrected chi connectivity index (χ1v) is 7.72. The lowest BCUT2D eigenvalue weighted by molar-refractivity contribution is -0.0981. The predicted molar refractivity (Wildman–Crippen MR) is 80.8 cm³/mol. The number of benzene rings is 1. The van der Waals surface area contributed by atoms with E-state index in [1.807, 2.05) is 6.07 Å². The molecule has 1 N–H and O–H groups in total. The first-order valence-electron chi connectivity index (χ1n) is 7.34. The minimum atomic E-state index is -0.303. The van der Waals surface area contributed by atoms with E-state index in [1.54, 1.807) is 19.2 Å². The minimum absolute atomic E-state index is 0.133. The maximum atomic E-state index is 14.1. The third kappa shape index (κ3) is 3.16. The van der Waals surface area contributed by atoms with Crippen LogP contribution in [-0.2, 0) is 11.2 Å². The van der Waals surface area contributed by atoms with E-state index >= 15 is 0 Å². The molecule has 1 atom stereocenters. The van der Waals surface area contributed by atoms with E-state index < -0.39 is 0 Å². The van der Waals surface area contributed by atoms with Crippen molar-refractivity contribution in [3.8, 4) is 0 Å². The fourth-order valence-corrected chi connectivity index (χ4v) is 3.10. The fraction of sp³-hybridized carbons (Fsp3) is 0.625. The summed E-state index contributed by atoms with van der Waals surface area (Å²) in [6.07, 6.45) is 4.91. The van der Waals surface area contributed by atoms with Gasteiger partial charge >= 0.3 is 0 Å². The van der Waals surface area contributed by atoms with Crippen LogP contribution in [0.25, 0.3) is 0 Å². The van der Waals surface area contributed by atoms with Gasteiger partial charge in [0.2, 0.25) is 0 Å². The van der Waals surface area contributed by atoms with E-state index in [0.717, 1.165) is 25.8 Å². The summed E-state index contributed by atoms with van der Waals surface area (Å²) in [7, 11) is 1.76. The van der Waals surface area contributed by atoms with Crippen molar-refractivity contribution in [3.05, 3.63) is 34.6 Å². The van der Waals surface area contributed by atoms with Crippen molar-refractivity contribution < 1.29 is 9.13 Å². The van der Waals surface area contributed by atoms with E-state index in [-0.39, 0.29) is 22.5 Å². The molecule has 0 saturated heterocycles. The molecule has 1 unspecified atom stereocenters. The lowest BCUT2D eigenvalue weighted by Gasteiger charge is -2.47. The Hall–Kier alpha value is -0.640. The van der Waals surface area contributed by atoms with Gasteiger partial charge in [0.05, 0.1) is 10.6 Å². The summed E-state index contributed by atoms with van der Waals surface area (Å²) in [5.41, 5.74) is 0.513. The van der Waals surface area contributed by atoms with Crippen molar-refractivity contribution in [2.24, 2.45) is 0 Å². The topological polar surface area (TPSA) is 21.3 Å². The van der Waals surface area contributed by atoms with Crippen LogP contribution in [0, 0.1) is 5.82 Å². The van der Waals surface area contributed by atoms with Crippen LogP contribution in [-0.4, -0.2) is 25.3 Å². The molecular formula is C16H23ClFNO. The molecule has 1 saturated carbocycles. The highest BCUT2D eigenvalue weighted by molar-refractivity contribution is 6.30. The molecule has 0 aliphatic heterocycles. The second-order valence-electron chi connectivity index (χ2n) is 5.55. The molecule has 1 aliphatic rings. The van der Waals surface area contributed by atoms with Gasteiger partial charge in [-0.25, -0.2) is 4.39 Å². The van der Waals surface area contributed by atoms with Crippen LogP contribution in [0.5, 0.6) is 0 Å². The number of nitrogens with one attached hydrogen (secondary N) is 1. The van der Waals surface area contributed by atoms with E-state index in [0.29, 0.717) is 12.0 Å². The molecule has 1 aliphatic carbocycles. The highest BCUT2D eigenvalue weighted by atomic mass is 35.5. The Kier molecular flexibility index (Phi) is 5.42. The minimum Gasteiger partial charge on any atom is -0.377 e. The predicted octanol–water partition coefficient (Wildman–Crippen LogP) is 3.96. The van der Waals surface area contributed by atoms with Crippen molar-refractivity contribution in [2.75, 3.05) is 13.7 Å². The number of ether oxygens (including phenoxy) is 1. The number of methoxy groups -OCH3 is 1. The van der Waals surface area contributed by atoms with E-state index in [9.17, 15) is 4.39 Å². The summed E-state index contributed by atoms with van der Waals surface area (Å²) in [6, 6.07) is 5.33. The molecule has 20 heavy (non-hydrogen) atoms. The van der Waals surface area contributed by atoms with Crippen LogP contribution >= 0.6 is 11.6 Å². The lowest BCUT2D eigenvalue weighted by Crippen LogP contribution is -2.57. The SMILES string of the molecule is CCCNC(Cc1cccc(Cl)c1F)C1(OC)CCC1. The molecule has 0 amide bonds. The molecule has 0 spiro atoms. The van der Waals surface area contributed by atoms with Gasteiger partial charge in [0.1, 0.15) is 5.82 Å². The maximum Gasteiger partial charge on any atom is 0.145 e. The van der Waals surface area contributed by atoms with E-state index in [2.05, 4.69) is 12.2 Å². The largest absolute Gasteiger partial charge is 0.377 e. The fourth-order valence-electron chi connectivity index (χ4n) is 2.91. The van der Waals surface area contributed by atoms with Crippen molar-refractivity contribution >= 4 is 11.6 Å². The van der Waals surface area contributed by atoms with E-state index in [4.69, 9.17) is 16.3 Å². The molecule has 0 radical (unpaired) electrons. The van der Waals surface area contributed by atoms with Gasteiger partial charge in [-0.2, -0.15) is 0 Å². The van der Waals surface area contributed by atoms with Crippen molar-refractivity contribution in [3.63, 3.8) is 0 Å². The second-order valence-corrected chi connectivity index (χ2v) is 5.95. The maximum absolute atomic E-state index is 14.1. The Morgan fingerprint density at radius 2 is 2.20 bits per heavy atom. The van der Waals surface area contributed by atoms with Crippen LogP contribution in [0.4, 0.5) is 4.39 Å². The molecule has 112 valence electrons. The highest BCUT2D eigenvalue weighted by Crippen LogP contribution is 2.39. The summed E-state index contributed by atoms with van der Waals surface area (Å²) < 4.78 is 19.9. The monoisotopic (exact) mass is 299 g/mol. The van der Waals surface area contributed by atoms with Gasteiger partial charge in [-0.3, -0.25) is 0 Å². The van der Waals surface area contributed by atoms with Gasteiger partial charge in [0, 0.05) is 13.2 Å². The first kappa shape index (κ1) is 15.7. The van der Waals surface area contributed by atoms with Crippen LogP contribution < -0.4 is 5.32 Å².